The molecule has 1 rings (SSSR count). The lowest BCUT2D eigenvalue weighted by atomic mass is 10.0. The van der Waals surface area contributed by atoms with Crippen LogP contribution in [0.15, 0.2) is 24.3 Å². The largest absolute Gasteiger partial charge is 0.491 e. The third kappa shape index (κ3) is 3.44. The average Bonchev–Trinajstić information content (AvgIpc) is 2.27. The van der Waals surface area contributed by atoms with E-state index in [1.54, 1.807) is 24.3 Å². The van der Waals surface area contributed by atoms with Crippen molar-refractivity contribution >= 4 is 5.91 Å². The quantitative estimate of drug-likeness (QED) is 0.691. The molecule has 1 amide bonds. The van der Waals surface area contributed by atoms with Gasteiger partial charge in [-0.3, -0.25) is 4.79 Å². The van der Waals surface area contributed by atoms with E-state index in [4.69, 9.17) is 10.5 Å². The van der Waals surface area contributed by atoms with Gasteiger partial charge in [0.25, 0.3) is 0 Å². The number of amides is 1. The Labute approximate surface area is 99.8 Å². The highest BCUT2D eigenvalue weighted by Crippen LogP contribution is 2.27. The van der Waals surface area contributed by atoms with Crippen molar-refractivity contribution in [1.29, 1.82) is 0 Å². The van der Waals surface area contributed by atoms with Crippen LogP contribution in [-0.2, 0) is 4.79 Å². The molecule has 0 saturated heterocycles. The van der Waals surface area contributed by atoms with Crippen LogP contribution in [0.2, 0.25) is 0 Å². The van der Waals surface area contributed by atoms with E-state index in [-0.39, 0.29) is 6.10 Å². The van der Waals surface area contributed by atoms with Crippen molar-refractivity contribution in [3.05, 3.63) is 29.8 Å². The van der Waals surface area contributed by atoms with Gasteiger partial charge in [0.2, 0.25) is 5.91 Å². The fourth-order valence-corrected chi connectivity index (χ4v) is 1.41. The molecule has 0 spiro atoms. The van der Waals surface area contributed by atoms with Gasteiger partial charge in [-0.25, -0.2) is 0 Å². The zero-order valence-electron chi connectivity index (χ0n) is 9.83. The fraction of sp³-hybridized carbons (Fsp3) is 0.417. The van der Waals surface area contributed by atoms with E-state index < -0.39 is 18.1 Å². The minimum Gasteiger partial charge on any atom is -0.491 e. The van der Waals surface area contributed by atoms with Crippen molar-refractivity contribution in [3.8, 4) is 5.75 Å². The topological polar surface area (TPSA) is 92.8 Å². The van der Waals surface area contributed by atoms with Gasteiger partial charge in [0.15, 0.2) is 6.10 Å². The maximum Gasteiger partial charge on any atom is 0.249 e. The lowest BCUT2D eigenvalue weighted by Crippen LogP contribution is -2.34. The number of benzene rings is 1. The summed E-state index contributed by atoms with van der Waals surface area (Å²) in [6, 6.07) is 6.66. The smallest absolute Gasteiger partial charge is 0.249 e. The summed E-state index contributed by atoms with van der Waals surface area (Å²) in [6.07, 6.45) is -3.11. The fourth-order valence-electron chi connectivity index (χ4n) is 1.41. The molecule has 94 valence electrons. The normalized spacial score (nSPS) is 14.4. The molecule has 17 heavy (non-hydrogen) atoms. The Balaban J connectivity index is 3.00. The molecule has 0 radical (unpaired) electrons. The number of hydrogen-bond acceptors (Lipinski definition) is 4. The average molecular weight is 239 g/mol. The molecule has 2 atom stereocenters. The van der Waals surface area contributed by atoms with Crippen molar-refractivity contribution in [2.75, 3.05) is 0 Å². The van der Waals surface area contributed by atoms with Gasteiger partial charge in [-0.05, 0) is 19.9 Å². The maximum atomic E-state index is 10.8. The number of hydrogen-bond donors (Lipinski definition) is 3. The lowest BCUT2D eigenvalue weighted by molar-refractivity contribution is -0.132. The van der Waals surface area contributed by atoms with E-state index in [2.05, 4.69) is 0 Å². The van der Waals surface area contributed by atoms with Gasteiger partial charge in [0, 0.05) is 5.56 Å². The molecule has 0 aliphatic rings. The van der Waals surface area contributed by atoms with Gasteiger partial charge < -0.3 is 20.7 Å². The van der Waals surface area contributed by atoms with Crippen LogP contribution < -0.4 is 10.5 Å². The molecular formula is C12H17NO4. The first kappa shape index (κ1) is 13.5. The molecule has 2 unspecified atom stereocenters. The highest BCUT2D eigenvalue weighted by Gasteiger charge is 2.26. The van der Waals surface area contributed by atoms with Crippen molar-refractivity contribution in [1.82, 2.24) is 0 Å². The van der Waals surface area contributed by atoms with Gasteiger partial charge in [-0.15, -0.1) is 0 Å². The molecule has 0 fully saturated rings. The van der Waals surface area contributed by atoms with Crippen LogP contribution >= 0.6 is 0 Å². The number of aliphatic hydroxyl groups excluding tert-OH is 2. The Morgan fingerprint density at radius 2 is 1.88 bits per heavy atom. The second-order valence-electron chi connectivity index (χ2n) is 4.00. The number of aliphatic hydroxyl groups is 2. The molecule has 0 heterocycles. The number of para-hydroxylation sites is 1. The van der Waals surface area contributed by atoms with Crippen LogP contribution in [0.3, 0.4) is 0 Å². The number of primary amides is 1. The molecule has 0 aromatic heterocycles. The number of ether oxygens (including phenoxy) is 1. The Kier molecular flexibility index (Phi) is 4.48. The summed E-state index contributed by atoms with van der Waals surface area (Å²) in [5, 5.41) is 19.2. The molecule has 1 aromatic carbocycles. The van der Waals surface area contributed by atoms with E-state index in [0.29, 0.717) is 11.3 Å². The van der Waals surface area contributed by atoms with E-state index in [1.807, 2.05) is 13.8 Å². The number of carbonyl (C=O) groups excluding carboxylic acids is 1. The lowest BCUT2D eigenvalue weighted by Gasteiger charge is -2.20. The zero-order valence-corrected chi connectivity index (χ0v) is 9.83. The first-order valence-electron chi connectivity index (χ1n) is 5.34. The third-order valence-electron chi connectivity index (χ3n) is 2.19. The summed E-state index contributed by atoms with van der Waals surface area (Å²) in [7, 11) is 0. The third-order valence-corrected chi connectivity index (χ3v) is 2.19. The minimum absolute atomic E-state index is 0.0749. The first-order valence-corrected chi connectivity index (χ1v) is 5.34. The van der Waals surface area contributed by atoms with Gasteiger partial charge in [-0.2, -0.15) is 0 Å². The Hall–Kier alpha value is -1.59. The molecule has 0 aliphatic carbocycles. The number of rotatable bonds is 5. The van der Waals surface area contributed by atoms with E-state index >= 15 is 0 Å². The molecular weight excluding hydrogens is 222 g/mol. The molecule has 5 nitrogen and oxygen atoms in total. The van der Waals surface area contributed by atoms with Crippen LogP contribution in [0.25, 0.3) is 0 Å². The van der Waals surface area contributed by atoms with Crippen LogP contribution in [0, 0.1) is 0 Å². The van der Waals surface area contributed by atoms with E-state index in [1.165, 1.54) is 0 Å². The van der Waals surface area contributed by atoms with Crippen LogP contribution in [0.4, 0.5) is 0 Å². The van der Waals surface area contributed by atoms with Crippen molar-refractivity contribution < 1.29 is 19.7 Å². The SMILES string of the molecule is CC(C)Oc1ccccc1C(O)C(O)C(N)=O. The van der Waals surface area contributed by atoms with Crippen molar-refractivity contribution in [2.24, 2.45) is 5.73 Å². The van der Waals surface area contributed by atoms with E-state index in [9.17, 15) is 15.0 Å². The highest BCUT2D eigenvalue weighted by atomic mass is 16.5. The van der Waals surface area contributed by atoms with Crippen molar-refractivity contribution in [3.63, 3.8) is 0 Å². The Morgan fingerprint density at radius 3 is 2.41 bits per heavy atom. The van der Waals surface area contributed by atoms with Crippen LogP contribution in [-0.4, -0.2) is 28.3 Å². The standard InChI is InChI=1S/C12H17NO4/c1-7(2)17-9-6-4-3-5-8(9)10(14)11(15)12(13)16/h3-7,10-11,14-15H,1-2H3,(H2,13,16). The highest BCUT2D eigenvalue weighted by molar-refractivity contribution is 5.79. The molecule has 0 saturated carbocycles. The van der Waals surface area contributed by atoms with Gasteiger partial charge in [-0.1, -0.05) is 18.2 Å². The summed E-state index contributed by atoms with van der Waals surface area (Å²) in [5.74, 6) is -0.549. The van der Waals surface area contributed by atoms with Crippen LogP contribution in [0.5, 0.6) is 5.75 Å². The second-order valence-corrected chi connectivity index (χ2v) is 4.00. The summed E-state index contributed by atoms with van der Waals surface area (Å²) >= 11 is 0. The minimum atomic E-state index is -1.65. The molecule has 5 heteroatoms. The Morgan fingerprint density at radius 1 is 1.29 bits per heavy atom. The monoisotopic (exact) mass is 239 g/mol. The second kappa shape index (κ2) is 5.65. The van der Waals surface area contributed by atoms with E-state index in [0.717, 1.165) is 0 Å². The number of nitrogens with two attached hydrogens (primary N) is 1. The summed E-state index contributed by atoms with van der Waals surface area (Å²) in [4.78, 5) is 10.8. The molecule has 4 N–H and O–H groups in total. The molecule has 0 aliphatic heterocycles. The predicted molar refractivity (Wildman–Crippen MR) is 62.4 cm³/mol. The summed E-state index contributed by atoms with van der Waals surface area (Å²) in [5.41, 5.74) is 5.28. The zero-order chi connectivity index (χ0) is 13.0. The molecule has 0 bridgehead atoms. The van der Waals surface area contributed by atoms with Crippen molar-refractivity contribution in [2.45, 2.75) is 32.2 Å². The first-order chi connectivity index (χ1) is 7.93. The molecule has 1 aromatic rings. The van der Waals surface area contributed by atoms with Gasteiger partial charge >= 0.3 is 0 Å². The number of carbonyl (C=O) groups is 1. The predicted octanol–water partition coefficient (Wildman–Crippen LogP) is 0.353. The maximum absolute atomic E-state index is 10.8. The van der Waals surface area contributed by atoms with Crippen LogP contribution in [0.1, 0.15) is 25.5 Å². The van der Waals surface area contributed by atoms with Gasteiger partial charge in [0.1, 0.15) is 11.9 Å². The Bertz CT molecular complexity index is 392. The summed E-state index contributed by atoms with van der Waals surface area (Å²) in [6.45, 7) is 3.68. The van der Waals surface area contributed by atoms with Gasteiger partial charge in [0.05, 0.1) is 6.10 Å². The summed E-state index contributed by atoms with van der Waals surface area (Å²) < 4.78 is 5.47.